The van der Waals surface area contributed by atoms with E-state index in [9.17, 15) is 0 Å². The van der Waals surface area contributed by atoms with Crippen LogP contribution >= 0.6 is 0 Å². The molecule has 0 amide bonds. The summed E-state index contributed by atoms with van der Waals surface area (Å²) >= 11 is 0. The molecule has 1 aliphatic rings. The average molecular weight is 792 g/mol. The van der Waals surface area contributed by atoms with Gasteiger partial charge in [0.25, 0.3) is 0 Å². The van der Waals surface area contributed by atoms with Crippen LogP contribution in [-0.4, -0.2) is 14.1 Å². The molecule has 6 nitrogen and oxygen atoms in total. The van der Waals surface area contributed by atoms with Crippen LogP contribution in [0.15, 0.2) is 170 Å². The van der Waals surface area contributed by atoms with Crippen molar-refractivity contribution in [2.75, 3.05) is 9.80 Å². The second-order valence-electron chi connectivity index (χ2n) is 12.8. The molecule has 6 aromatic carbocycles. The zero-order chi connectivity index (χ0) is 37.8. The van der Waals surface area contributed by atoms with Crippen molar-refractivity contribution in [3.8, 4) is 34.1 Å². The predicted octanol–water partition coefficient (Wildman–Crippen LogP) is 11.4. The van der Waals surface area contributed by atoms with E-state index in [0.717, 1.165) is 49.9 Å². The molecular formula is C47H32N5OPd-3. The molecule has 0 fully saturated rings. The van der Waals surface area contributed by atoms with Crippen LogP contribution in [0.1, 0.15) is 9.68 Å². The van der Waals surface area contributed by atoms with Gasteiger partial charge in [-0.15, -0.1) is 42.7 Å². The van der Waals surface area contributed by atoms with Crippen LogP contribution in [0.2, 0.25) is 0 Å². The number of fused-ring (bicyclic) bond motifs is 5. The van der Waals surface area contributed by atoms with Crippen molar-refractivity contribution >= 4 is 44.2 Å². The normalized spacial score (nSPS) is 13.6. The molecule has 3 aromatic heterocycles. The molecule has 0 saturated heterocycles. The zero-order valence-corrected chi connectivity index (χ0v) is 30.3. The Morgan fingerprint density at radius 1 is 0.630 bits per heavy atom. The fraction of sp³-hybridized carbons (Fsp3) is 0.0213. The summed E-state index contributed by atoms with van der Waals surface area (Å²) in [5, 5.41) is 1.90. The number of para-hydroxylation sites is 3. The summed E-state index contributed by atoms with van der Waals surface area (Å²) in [4.78, 5) is 9.01. The van der Waals surface area contributed by atoms with Gasteiger partial charge in [0, 0.05) is 70.1 Å². The minimum Gasteiger partial charge on any atom is -0.509 e. The smallest absolute Gasteiger partial charge is 0.135 e. The molecule has 264 valence electrons. The maximum Gasteiger partial charge on any atom is 0.135 e. The molecular weight excluding hydrogens is 757 g/mol. The maximum atomic E-state index is 8.60. The van der Waals surface area contributed by atoms with Crippen molar-refractivity contribution in [2.45, 2.75) is 6.85 Å². The van der Waals surface area contributed by atoms with Crippen LogP contribution < -0.4 is 14.5 Å². The Morgan fingerprint density at radius 2 is 1.31 bits per heavy atom. The Kier molecular flexibility index (Phi) is 7.74. The van der Waals surface area contributed by atoms with Gasteiger partial charge in [-0.05, 0) is 66.8 Å². The van der Waals surface area contributed by atoms with Gasteiger partial charge in [0.1, 0.15) is 5.82 Å². The minimum absolute atomic E-state index is 0. The molecule has 0 aliphatic carbocycles. The number of aromatic nitrogens is 3. The molecule has 54 heavy (non-hydrogen) atoms. The summed E-state index contributed by atoms with van der Waals surface area (Å²) in [6.07, 6.45) is 5.65. The number of benzene rings is 6. The number of anilines is 2. The van der Waals surface area contributed by atoms with Crippen molar-refractivity contribution < 1.29 is 29.3 Å². The Morgan fingerprint density at radius 3 is 2.11 bits per heavy atom. The Bertz CT molecular complexity index is 2930. The standard InChI is InChI=1S/C47H32N5O.Pd/c1-33-28-45(48-31-42(33)34-14-5-2-6-15-34)52-44-30-39(53-38-21-13-20-37(29-38)50-27-26-49(32-50)35-16-7-3-8-17-35)24-25-41(44)46-47(52)40-22-11-12-23-43(40)51(46)36-18-9-4-10-19-36;/h2-28,31-32H,1H3;/q-3;/i1D3;. The second-order valence-corrected chi connectivity index (χ2v) is 12.8. The van der Waals surface area contributed by atoms with E-state index in [0.29, 0.717) is 28.4 Å². The van der Waals surface area contributed by atoms with E-state index in [4.69, 9.17) is 13.8 Å². The van der Waals surface area contributed by atoms with Gasteiger partial charge in [0.05, 0.1) is 11.0 Å². The van der Waals surface area contributed by atoms with Crippen molar-refractivity contribution in [3.05, 3.63) is 195 Å². The fourth-order valence-corrected chi connectivity index (χ4v) is 7.20. The summed E-state index contributed by atoms with van der Waals surface area (Å²) in [7, 11) is 0. The summed E-state index contributed by atoms with van der Waals surface area (Å²) in [6.45, 7) is -0.403. The molecule has 10 rings (SSSR count). The molecule has 7 heteroatoms. The molecule has 0 bridgehead atoms. The number of hydrogen-bond donors (Lipinski definition) is 0. The Hall–Kier alpha value is -6.39. The van der Waals surface area contributed by atoms with Crippen LogP contribution in [-0.2, 0) is 20.4 Å². The number of pyridine rings is 1. The van der Waals surface area contributed by atoms with Crippen molar-refractivity contribution in [1.29, 1.82) is 0 Å². The molecule has 0 N–H and O–H groups in total. The number of ether oxygens (including phenoxy) is 1. The van der Waals surface area contributed by atoms with Gasteiger partial charge in [-0.1, -0.05) is 95.8 Å². The van der Waals surface area contributed by atoms with E-state index >= 15 is 0 Å². The van der Waals surface area contributed by atoms with Crippen LogP contribution in [0, 0.1) is 25.7 Å². The van der Waals surface area contributed by atoms with Crippen molar-refractivity contribution in [2.24, 2.45) is 0 Å². The molecule has 0 radical (unpaired) electrons. The minimum atomic E-state index is -2.40. The van der Waals surface area contributed by atoms with Crippen LogP contribution in [0.5, 0.6) is 11.5 Å². The number of hydrogen-bond acceptors (Lipinski definition) is 4. The third kappa shape index (κ3) is 5.75. The maximum absolute atomic E-state index is 8.60. The Balaban J connectivity index is 0.00000422. The first-order chi connectivity index (χ1) is 27.4. The van der Waals surface area contributed by atoms with E-state index in [1.807, 2.05) is 143 Å². The predicted molar refractivity (Wildman–Crippen MR) is 215 cm³/mol. The summed E-state index contributed by atoms with van der Waals surface area (Å²) in [5.41, 5.74) is 7.99. The molecule has 9 aromatic rings. The second kappa shape index (κ2) is 13.9. The SMILES string of the molecule is [2H]C([2H])([2H])c1cc(-n2c3[c-]c(Oc4[c-]c(N5C=CN(c6ccccc6)[CH-]5)ccc4)ccc3c3c2c2ccccc2n3-c2ccccc2)ncc1-c1ccccc1.[Pd]. The Labute approximate surface area is 331 Å². The molecule has 0 saturated carbocycles. The van der Waals surface area contributed by atoms with Crippen molar-refractivity contribution in [1.82, 2.24) is 14.1 Å². The third-order valence-electron chi connectivity index (χ3n) is 9.61. The molecule has 0 spiro atoms. The van der Waals surface area contributed by atoms with Gasteiger partial charge < -0.3 is 23.7 Å². The molecule has 4 heterocycles. The van der Waals surface area contributed by atoms with Gasteiger partial charge in [-0.25, -0.2) is 4.98 Å². The van der Waals surface area contributed by atoms with Crippen LogP contribution in [0.3, 0.4) is 0 Å². The van der Waals surface area contributed by atoms with Gasteiger partial charge in [0.2, 0.25) is 0 Å². The topological polar surface area (TPSA) is 38.5 Å². The van der Waals surface area contributed by atoms with Gasteiger partial charge in [-0.3, -0.25) is 0 Å². The van der Waals surface area contributed by atoms with Crippen molar-refractivity contribution in [3.63, 3.8) is 0 Å². The largest absolute Gasteiger partial charge is 0.509 e. The quantitative estimate of drug-likeness (QED) is 0.119. The summed E-state index contributed by atoms with van der Waals surface area (Å²) < 4.78 is 36.6. The third-order valence-corrected chi connectivity index (χ3v) is 9.61. The van der Waals surface area contributed by atoms with Gasteiger partial charge in [0.15, 0.2) is 0 Å². The summed E-state index contributed by atoms with van der Waals surface area (Å²) in [5.74, 6) is 1.47. The van der Waals surface area contributed by atoms with Crippen LogP contribution in [0.25, 0.3) is 55.5 Å². The number of nitrogens with zero attached hydrogens (tertiary/aromatic N) is 5. The van der Waals surface area contributed by atoms with E-state index in [1.165, 1.54) is 0 Å². The average Bonchev–Trinajstić information content (AvgIpc) is 3.95. The zero-order valence-electron chi connectivity index (χ0n) is 31.7. The van der Waals surface area contributed by atoms with Crippen LogP contribution in [0.4, 0.5) is 11.4 Å². The first-order valence-corrected chi connectivity index (χ1v) is 17.4. The first kappa shape index (κ1) is 30.1. The van der Waals surface area contributed by atoms with Gasteiger partial charge in [-0.2, -0.15) is 12.1 Å². The molecule has 1 aliphatic heterocycles. The first-order valence-electron chi connectivity index (χ1n) is 18.9. The van der Waals surface area contributed by atoms with E-state index in [1.54, 1.807) is 12.3 Å². The summed E-state index contributed by atoms with van der Waals surface area (Å²) in [6, 6.07) is 56.6. The van der Waals surface area contributed by atoms with E-state index < -0.39 is 6.85 Å². The van der Waals surface area contributed by atoms with Gasteiger partial charge >= 0.3 is 0 Å². The van der Waals surface area contributed by atoms with E-state index in [2.05, 4.69) is 53.1 Å². The number of rotatable bonds is 7. The number of aryl methyl sites for hydroxylation is 1. The molecule has 0 atom stereocenters. The van der Waals surface area contributed by atoms with E-state index in [-0.39, 0.29) is 26.0 Å². The fourth-order valence-electron chi connectivity index (χ4n) is 7.20. The monoisotopic (exact) mass is 791 g/mol. The molecule has 0 unspecified atom stereocenters.